The van der Waals surface area contributed by atoms with Gasteiger partial charge in [-0.1, -0.05) is 57.3 Å². The number of benzene rings is 3. The minimum Gasteiger partial charge on any atom is -0.489 e. The Balaban J connectivity index is 1.73. The summed E-state index contributed by atoms with van der Waals surface area (Å²) in [6.45, 7) is 3.13. The fourth-order valence-electron chi connectivity index (χ4n) is 2.56. The molecule has 134 valence electrons. The highest BCUT2D eigenvalue weighted by molar-refractivity contribution is 9.10. The average molecular weight is 451 g/mol. The molecule has 0 fully saturated rings. The van der Waals surface area contributed by atoms with Gasteiger partial charge in [0.1, 0.15) is 12.4 Å². The molecule has 3 aromatic rings. The van der Waals surface area contributed by atoms with E-state index in [4.69, 9.17) is 27.9 Å². The van der Waals surface area contributed by atoms with Gasteiger partial charge in [-0.15, -0.1) is 0 Å². The topological polar surface area (TPSA) is 21.3 Å². The van der Waals surface area contributed by atoms with Gasteiger partial charge in [-0.2, -0.15) is 0 Å². The predicted octanol–water partition coefficient (Wildman–Crippen LogP) is 7.26. The summed E-state index contributed by atoms with van der Waals surface area (Å²) in [6, 6.07) is 19.5. The lowest BCUT2D eigenvalue weighted by Crippen LogP contribution is -2.05. The molecule has 0 amide bonds. The minimum absolute atomic E-state index is 0.488. The van der Waals surface area contributed by atoms with Crippen LogP contribution in [0.3, 0.4) is 0 Å². The lowest BCUT2D eigenvalue weighted by atomic mass is 10.1. The Kier molecular flexibility index (Phi) is 6.47. The van der Waals surface area contributed by atoms with Gasteiger partial charge in [0.15, 0.2) is 0 Å². The molecule has 0 spiro atoms. The van der Waals surface area contributed by atoms with Crippen LogP contribution in [-0.2, 0) is 13.2 Å². The van der Waals surface area contributed by atoms with Crippen LogP contribution in [0.2, 0.25) is 10.0 Å². The number of rotatable bonds is 6. The minimum atomic E-state index is 0.488. The summed E-state index contributed by atoms with van der Waals surface area (Å²) in [5, 5.41) is 4.92. The molecule has 0 saturated heterocycles. The third-order valence-electron chi connectivity index (χ3n) is 4.07. The van der Waals surface area contributed by atoms with Gasteiger partial charge in [0.05, 0.1) is 0 Å². The van der Waals surface area contributed by atoms with Crippen LogP contribution in [0.1, 0.15) is 16.7 Å². The van der Waals surface area contributed by atoms with Crippen molar-refractivity contribution in [2.24, 2.45) is 0 Å². The smallest absolute Gasteiger partial charge is 0.124 e. The SMILES string of the molecule is Cc1c(Cl)cccc1NCc1cc(Br)ccc1OCc1ccc(Cl)cc1. The second kappa shape index (κ2) is 8.81. The zero-order valence-corrected chi connectivity index (χ0v) is 17.3. The summed E-state index contributed by atoms with van der Waals surface area (Å²) >= 11 is 15.7. The number of anilines is 1. The van der Waals surface area contributed by atoms with E-state index in [0.717, 1.165) is 42.6 Å². The van der Waals surface area contributed by atoms with Crippen LogP contribution in [-0.4, -0.2) is 0 Å². The highest BCUT2D eigenvalue weighted by Gasteiger charge is 2.07. The molecule has 3 aromatic carbocycles. The van der Waals surface area contributed by atoms with Crippen molar-refractivity contribution in [3.63, 3.8) is 0 Å². The zero-order valence-electron chi connectivity index (χ0n) is 14.2. The van der Waals surface area contributed by atoms with E-state index in [1.54, 1.807) is 0 Å². The maximum absolute atomic E-state index is 6.20. The van der Waals surface area contributed by atoms with Crippen LogP contribution in [0, 0.1) is 6.92 Å². The number of ether oxygens (including phenoxy) is 1. The normalized spacial score (nSPS) is 10.6. The maximum Gasteiger partial charge on any atom is 0.124 e. The molecule has 1 N–H and O–H groups in total. The molecular formula is C21H18BrCl2NO. The van der Waals surface area contributed by atoms with Crippen LogP contribution in [0.25, 0.3) is 0 Å². The van der Waals surface area contributed by atoms with Gasteiger partial charge in [0, 0.05) is 32.3 Å². The van der Waals surface area contributed by atoms with E-state index in [0.29, 0.717) is 13.2 Å². The Morgan fingerprint density at radius 1 is 1.00 bits per heavy atom. The molecule has 26 heavy (non-hydrogen) atoms. The summed E-state index contributed by atoms with van der Waals surface area (Å²) in [5.74, 6) is 0.843. The van der Waals surface area contributed by atoms with E-state index in [9.17, 15) is 0 Å². The van der Waals surface area contributed by atoms with Crippen molar-refractivity contribution in [3.05, 3.63) is 91.9 Å². The summed E-state index contributed by atoms with van der Waals surface area (Å²) in [4.78, 5) is 0. The summed E-state index contributed by atoms with van der Waals surface area (Å²) in [6.07, 6.45) is 0. The molecule has 0 aromatic heterocycles. The molecule has 0 atom stereocenters. The van der Waals surface area contributed by atoms with Gasteiger partial charge in [0.25, 0.3) is 0 Å². The first kappa shape index (κ1) is 19.1. The van der Waals surface area contributed by atoms with Gasteiger partial charge < -0.3 is 10.1 Å². The van der Waals surface area contributed by atoms with Crippen molar-refractivity contribution in [1.82, 2.24) is 0 Å². The fraction of sp³-hybridized carbons (Fsp3) is 0.143. The Morgan fingerprint density at radius 2 is 1.77 bits per heavy atom. The Morgan fingerprint density at radius 3 is 2.54 bits per heavy atom. The monoisotopic (exact) mass is 449 g/mol. The van der Waals surface area contributed by atoms with Crippen LogP contribution >= 0.6 is 39.1 Å². The van der Waals surface area contributed by atoms with Crippen LogP contribution < -0.4 is 10.1 Å². The van der Waals surface area contributed by atoms with Crippen molar-refractivity contribution < 1.29 is 4.74 Å². The first-order valence-corrected chi connectivity index (χ1v) is 9.72. The molecule has 0 saturated carbocycles. The molecule has 0 radical (unpaired) electrons. The molecule has 0 unspecified atom stereocenters. The fourth-order valence-corrected chi connectivity index (χ4v) is 3.27. The molecule has 0 aliphatic carbocycles. The van der Waals surface area contributed by atoms with Crippen LogP contribution in [0.5, 0.6) is 5.75 Å². The maximum atomic E-state index is 6.20. The quantitative estimate of drug-likeness (QED) is 0.426. The van der Waals surface area contributed by atoms with E-state index >= 15 is 0 Å². The van der Waals surface area contributed by atoms with E-state index in [1.165, 1.54) is 0 Å². The van der Waals surface area contributed by atoms with Crippen molar-refractivity contribution >= 4 is 44.8 Å². The lowest BCUT2D eigenvalue weighted by molar-refractivity contribution is 0.303. The van der Waals surface area contributed by atoms with Gasteiger partial charge >= 0.3 is 0 Å². The number of hydrogen-bond donors (Lipinski definition) is 1. The molecule has 0 bridgehead atoms. The zero-order chi connectivity index (χ0) is 18.5. The van der Waals surface area contributed by atoms with Crippen molar-refractivity contribution in [2.45, 2.75) is 20.1 Å². The summed E-state index contributed by atoms with van der Waals surface area (Å²) in [5.41, 5.74) is 4.18. The molecule has 0 aliphatic heterocycles. The number of halogens is 3. The van der Waals surface area contributed by atoms with Crippen LogP contribution in [0.4, 0.5) is 5.69 Å². The largest absolute Gasteiger partial charge is 0.489 e. The Labute approximate surface area is 172 Å². The second-order valence-corrected chi connectivity index (χ2v) is 7.69. The summed E-state index contributed by atoms with van der Waals surface area (Å²) in [7, 11) is 0. The third kappa shape index (κ3) is 4.94. The third-order valence-corrected chi connectivity index (χ3v) is 5.22. The van der Waals surface area contributed by atoms with Crippen molar-refractivity contribution in [3.8, 4) is 5.75 Å². The van der Waals surface area contributed by atoms with E-state index in [2.05, 4.69) is 27.3 Å². The van der Waals surface area contributed by atoms with E-state index in [-0.39, 0.29) is 0 Å². The molecule has 0 heterocycles. The molecule has 3 rings (SSSR count). The Bertz CT molecular complexity index is 897. The second-order valence-electron chi connectivity index (χ2n) is 5.93. The first-order valence-electron chi connectivity index (χ1n) is 8.17. The van der Waals surface area contributed by atoms with Crippen LogP contribution in [0.15, 0.2) is 65.1 Å². The number of nitrogens with one attached hydrogen (secondary N) is 1. The summed E-state index contributed by atoms with van der Waals surface area (Å²) < 4.78 is 7.04. The highest BCUT2D eigenvalue weighted by atomic mass is 79.9. The Hall–Kier alpha value is -1.68. The van der Waals surface area contributed by atoms with Crippen molar-refractivity contribution in [2.75, 3.05) is 5.32 Å². The number of hydrogen-bond acceptors (Lipinski definition) is 2. The van der Waals surface area contributed by atoms with E-state index < -0.39 is 0 Å². The first-order chi connectivity index (χ1) is 12.5. The van der Waals surface area contributed by atoms with E-state index in [1.807, 2.05) is 61.5 Å². The lowest BCUT2D eigenvalue weighted by Gasteiger charge is -2.15. The predicted molar refractivity (Wildman–Crippen MR) is 113 cm³/mol. The van der Waals surface area contributed by atoms with Gasteiger partial charge in [0.2, 0.25) is 0 Å². The van der Waals surface area contributed by atoms with Gasteiger partial charge in [-0.05, 0) is 60.5 Å². The average Bonchev–Trinajstić information content (AvgIpc) is 2.63. The molecule has 5 heteroatoms. The molecule has 0 aliphatic rings. The highest BCUT2D eigenvalue weighted by Crippen LogP contribution is 2.27. The standard InChI is InChI=1S/C21H18BrCl2NO/c1-14-19(24)3-2-4-20(14)25-12-16-11-17(22)7-10-21(16)26-13-15-5-8-18(23)9-6-15/h2-11,25H,12-13H2,1H3. The van der Waals surface area contributed by atoms with Gasteiger partial charge in [-0.3, -0.25) is 0 Å². The van der Waals surface area contributed by atoms with Crippen molar-refractivity contribution in [1.29, 1.82) is 0 Å². The molecular weight excluding hydrogens is 433 g/mol. The molecule has 2 nitrogen and oxygen atoms in total. The van der Waals surface area contributed by atoms with Gasteiger partial charge in [-0.25, -0.2) is 0 Å².